The minimum absolute atomic E-state index is 0.407. The highest BCUT2D eigenvalue weighted by Gasteiger charge is 2.47. The summed E-state index contributed by atoms with van der Waals surface area (Å²) in [5, 5.41) is 2.94. The second-order valence-electron chi connectivity index (χ2n) is 5.26. The van der Waals surface area contributed by atoms with Gasteiger partial charge in [0, 0.05) is 11.6 Å². The van der Waals surface area contributed by atoms with Gasteiger partial charge in [-0.1, -0.05) is 6.92 Å². The van der Waals surface area contributed by atoms with Crippen molar-refractivity contribution < 1.29 is 9.47 Å². The first-order valence-electron chi connectivity index (χ1n) is 6.89. The van der Waals surface area contributed by atoms with Gasteiger partial charge in [0.2, 0.25) is 0 Å². The maximum absolute atomic E-state index is 5.61. The van der Waals surface area contributed by atoms with Crippen LogP contribution in [0.3, 0.4) is 0 Å². The minimum Gasteiger partial charge on any atom is -0.354 e. The van der Waals surface area contributed by atoms with E-state index in [9.17, 15) is 0 Å². The molecule has 0 aromatic carbocycles. The average molecular weight is 242 g/mol. The van der Waals surface area contributed by atoms with E-state index in [1.54, 1.807) is 0 Å². The van der Waals surface area contributed by atoms with Crippen LogP contribution in [0.4, 0.5) is 0 Å². The molecule has 2 fully saturated rings. The van der Waals surface area contributed by atoms with Crippen molar-refractivity contribution in [2.45, 2.75) is 50.6 Å². The van der Waals surface area contributed by atoms with Crippen LogP contribution in [-0.2, 0) is 9.47 Å². The van der Waals surface area contributed by atoms with Crippen molar-refractivity contribution in [1.29, 1.82) is 0 Å². The van der Waals surface area contributed by atoms with E-state index in [1.165, 1.54) is 38.6 Å². The van der Waals surface area contributed by atoms with Crippen molar-refractivity contribution in [1.82, 2.24) is 10.2 Å². The third-order valence-electron chi connectivity index (χ3n) is 4.42. The van der Waals surface area contributed by atoms with E-state index < -0.39 is 0 Å². The lowest BCUT2D eigenvalue weighted by Crippen LogP contribution is -2.43. The van der Waals surface area contributed by atoms with Gasteiger partial charge >= 0.3 is 0 Å². The molecule has 2 aliphatic heterocycles. The summed E-state index contributed by atoms with van der Waals surface area (Å²) in [6.07, 6.45) is 6.69. The highest BCUT2D eigenvalue weighted by molar-refractivity contribution is 5.03. The quantitative estimate of drug-likeness (QED) is 0.542. The Kier molecular flexibility index (Phi) is 4.79. The summed E-state index contributed by atoms with van der Waals surface area (Å²) in [5.41, 5.74) is 0.514. The predicted molar refractivity (Wildman–Crippen MR) is 67.8 cm³/mol. The van der Waals surface area contributed by atoms with Gasteiger partial charge in [0.25, 0.3) is 0 Å². The molecular weight excluding hydrogens is 216 g/mol. The Morgan fingerprint density at radius 3 is 3.00 bits per heavy atom. The molecule has 0 spiro atoms. The van der Waals surface area contributed by atoms with Crippen molar-refractivity contribution in [2.75, 3.05) is 33.7 Å². The Labute approximate surface area is 105 Å². The molecule has 0 aliphatic carbocycles. The molecule has 2 atom stereocenters. The monoisotopic (exact) mass is 242 g/mol. The third kappa shape index (κ3) is 2.81. The zero-order chi connectivity index (χ0) is 12.1. The SMILES string of the molecule is CC[C@]12CCCN1[C@@H](COCOCNC)CC2. The Hall–Kier alpha value is -0.160. The predicted octanol–water partition coefficient (Wildman–Crippen LogP) is 1.56. The molecule has 2 rings (SSSR count). The fourth-order valence-electron chi connectivity index (χ4n) is 3.51. The van der Waals surface area contributed by atoms with Gasteiger partial charge in [-0.3, -0.25) is 10.2 Å². The molecule has 0 radical (unpaired) electrons. The smallest absolute Gasteiger partial charge is 0.148 e. The first-order chi connectivity index (χ1) is 8.32. The lowest BCUT2D eigenvalue weighted by atomic mass is 9.91. The van der Waals surface area contributed by atoms with E-state index >= 15 is 0 Å². The molecule has 2 heterocycles. The molecule has 0 saturated carbocycles. The van der Waals surface area contributed by atoms with Gasteiger partial charge in [-0.15, -0.1) is 0 Å². The largest absolute Gasteiger partial charge is 0.354 e. The van der Waals surface area contributed by atoms with Crippen LogP contribution in [0.2, 0.25) is 0 Å². The van der Waals surface area contributed by atoms with Crippen LogP contribution in [0.15, 0.2) is 0 Å². The second kappa shape index (κ2) is 6.14. The number of fused-ring (bicyclic) bond motifs is 1. The summed E-state index contributed by atoms with van der Waals surface area (Å²) in [4.78, 5) is 2.70. The number of nitrogens with zero attached hydrogens (tertiary/aromatic N) is 1. The summed E-state index contributed by atoms with van der Waals surface area (Å²) < 4.78 is 10.9. The fourth-order valence-corrected chi connectivity index (χ4v) is 3.51. The van der Waals surface area contributed by atoms with Crippen molar-refractivity contribution >= 4 is 0 Å². The Bertz CT molecular complexity index is 237. The van der Waals surface area contributed by atoms with Crippen LogP contribution in [0, 0.1) is 0 Å². The molecule has 100 valence electrons. The normalized spacial score (nSPS) is 33.2. The Morgan fingerprint density at radius 1 is 1.35 bits per heavy atom. The van der Waals surface area contributed by atoms with E-state index in [2.05, 4.69) is 17.1 Å². The van der Waals surface area contributed by atoms with Crippen LogP contribution in [0.1, 0.15) is 39.0 Å². The molecule has 4 heteroatoms. The zero-order valence-corrected chi connectivity index (χ0v) is 11.2. The number of nitrogens with one attached hydrogen (secondary N) is 1. The third-order valence-corrected chi connectivity index (χ3v) is 4.42. The van der Waals surface area contributed by atoms with Crippen molar-refractivity contribution in [3.63, 3.8) is 0 Å². The Morgan fingerprint density at radius 2 is 2.24 bits per heavy atom. The van der Waals surface area contributed by atoms with E-state index in [4.69, 9.17) is 9.47 Å². The summed E-state index contributed by atoms with van der Waals surface area (Å²) in [6, 6.07) is 0.621. The molecule has 2 saturated heterocycles. The number of hydrogen-bond acceptors (Lipinski definition) is 4. The van der Waals surface area contributed by atoms with Gasteiger partial charge in [-0.25, -0.2) is 0 Å². The summed E-state index contributed by atoms with van der Waals surface area (Å²) in [5.74, 6) is 0. The van der Waals surface area contributed by atoms with Gasteiger partial charge in [0.05, 0.1) is 13.3 Å². The van der Waals surface area contributed by atoms with Crippen LogP contribution in [-0.4, -0.2) is 50.2 Å². The summed E-state index contributed by atoms with van der Waals surface area (Å²) in [7, 11) is 1.87. The molecule has 0 unspecified atom stereocenters. The standard InChI is InChI=1S/C13H26N2O2/c1-3-13-6-4-8-15(13)12(5-7-13)9-16-11-17-10-14-2/h12,14H,3-11H2,1-2H3/t12-,13-/m1/s1. The van der Waals surface area contributed by atoms with Crippen molar-refractivity contribution in [3.05, 3.63) is 0 Å². The number of ether oxygens (including phenoxy) is 2. The van der Waals surface area contributed by atoms with Gasteiger partial charge < -0.3 is 9.47 Å². The number of rotatable bonds is 7. The lowest BCUT2D eigenvalue weighted by molar-refractivity contribution is -0.0735. The van der Waals surface area contributed by atoms with Crippen LogP contribution in [0.25, 0.3) is 0 Å². The molecule has 0 aromatic rings. The highest BCUT2D eigenvalue weighted by Crippen LogP contribution is 2.44. The first-order valence-corrected chi connectivity index (χ1v) is 6.89. The fraction of sp³-hybridized carbons (Fsp3) is 1.00. The van der Waals surface area contributed by atoms with E-state index in [0.29, 0.717) is 25.1 Å². The van der Waals surface area contributed by atoms with Gasteiger partial charge in [-0.2, -0.15) is 0 Å². The molecular formula is C13H26N2O2. The van der Waals surface area contributed by atoms with Gasteiger partial charge in [0.15, 0.2) is 0 Å². The van der Waals surface area contributed by atoms with Crippen molar-refractivity contribution in [2.24, 2.45) is 0 Å². The van der Waals surface area contributed by atoms with Crippen molar-refractivity contribution in [3.8, 4) is 0 Å². The lowest BCUT2D eigenvalue weighted by Gasteiger charge is -2.34. The van der Waals surface area contributed by atoms with Crippen LogP contribution in [0.5, 0.6) is 0 Å². The first kappa shape index (κ1) is 13.3. The summed E-state index contributed by atoms with van der Waals surface area (Å²) in [6.45, 7) is 5.39. The number of hydrogen-bond donors (Lipinski definition) is 1. The minimum atomic E-state index is 0.407. The maximum Gasteiger partial charge on any atom is 0.148 e. The summed E-state index contributed by atoms with van der Waals surface area (Å²) >= 11 is 0. The zero-order valence-electron chi connectivity index (χ0n) is 11.2. The highest BCUT2D eigenvalue weighted by atomic mass is 16.7. The molecule has 0 bridgehead atoms. The van der Waals surface area contributed by atoms with Gasteiger partial charge in [-0.05, 0) is 45.7 Å². The second-order valence-corrected chi connectivity index (χ2v) is 5.26. The molecule has 1 N–H and O–H groups in total. The molecule has 0 amide bonds. The van der Waals surface area contributed by atoms with E-state index in [0.717, 1.165) is 6.61 Å². The molecule has 17 heavy (non-hydrogen) atoms. The topological polar surface area (TPSA) is 33.7 Å². The van der Waals surface area contributed by atoms with Crippen LogP contribution >= 0.6 is 0 Å². The van der Waals surface area contributed by atoms with E-state index in [-0.39, 0.29) is 0 Å². The van der Waals surface area contributed by atoms with Gasteiger partial charge in [0.1, 0.15) is 6.79 Å². The van der Waals surface area contributed by atoms with E-state index in [1.807, 2.05) is 7.05 Å². The maximum atomic E-state index is 5.61. The van der Waals surface area contributed by atoms with Crippen LogP contribution < -0.4 is 5.32 Å². The Balaban J connectivity index is 1.72. The molecule has 4 nitrogen and oxygen atoms in total. The average Bonchev–Trinajstić information content (AvgIpc) is 2.89. The molecule has 0 aromatic heterocycles. The molecule has 2 aliphatic rings.